The number of allylic oxidation sites excluding steroid dienone is 4. The van der Waals surface area contributed by atoms with E-state index in [4.69, 9.17) is 9.47 Å². The molecule has 0 saturated heterocycles. The molecule has 35 heavy (non-hydrogen) atoms. The third kappa shape index (κ3) is 21.3. The van der Waals surface area contributed by atoms with Crippen molar-refractivity contribution >= 4 is 11.9 Å². The predicted molar refractivity (Wildman–Crippen MR) is 141 cm³/mol. The van der Waals surface area contributed by atoms with Crippen molar-refractivity contribution in [3.05, 3.63) is 24.3 Å². The van der Waals surface area contributed by atoms with Gasteiger partial charge in [-0.1, -0.05) is 69.8 Å². The Morgan fingerprint density at radius 1 is 0.857 bits per heavy atom. The largest absolute Gasteiger partial charge is 0.477 e. The smallest absolute Gasteiger partial charge is 0.362 e. The number of nitrogens with zero attached hydrogens (tertiary/aromatic N) is 1. The second-order valence-electron chi connectivity index (χ2n) is 10.2. The second kappa shape index (κ2) is 21.6. The Morgan fingerprint density at radius 2 is 1.43 bits per heavy atom. The zero-order valence-electron chi connectivity index (χ0n) is 22.8. The van der Waals surface area contributed by atoms with E-state index < -0.39 is 18.1 Å². The fourth-order valence-electron chi connectivity index (χ4n) is 3.67. The Kier molecular flexibility index (Phi) is 20.5. The molecule has 0 aromatic heterocycles. The molecule has 0 spiro atoms. The topological polar surface area (TPSA) is 93.1 Å². The normalized spacial score (nSPS) is 14.0. The van der Waals surface area contributed by atoms with Gasteiger partial charge in [-0.15, -0.1) is 0 Å². The minimum atomic E-state index is -0.906. The number of carboxylic acid groups (broad SMARTS) is 1. The molecular formula is C28H52NO6+. The SMILES string of the molecule is CCCCC/C=C/C=C/CCCCCCCCC(=O)OCC(O)COCCC(C(=O)O)[N+](C)(C)C. The maximum absolute atomic E-state index is 11.8. The van der Waals surface area contributed by atoms with E-state index in [0.29, 0.717) is 17.3 Å². The van der Waals surface area contributed by atoms with Gasteiger partial charge in [-0.2, -0.15) is 0 Å². The number of likely N-dealkylation sites (N-methyl/N-ethyl adjacent to an activating group) is 1. The summed E-state index contributed by atoms with van der Waals surface area (Å²) in [5.74, 6) is -1.17. The van der Waals surface area contributed by atoms with Gasteiger partial charge in [0, 0.05) is 12.8 Å². The van der Waals surface area contributed by atoms with E-state index >= 15 is 0 Å². The van der Waals surface area contributed by atoms with E-state index in [2.05, 4.69) is 31.2 Å². The molecule has 0 aliphatic heterocycles. The summed E-state index contributed by atoms with van der Waals surface area (Å²) in [6, 6.07) is -0.575. The molecule has 2 atom stereocenters. The van der Waals surface area contributed by atoms with Crippen LogP contribution in [-0.2, 0) is 19.1 Å². The Balaban J connectivity index is 3.60. The van der Waals surface area contributed by atoms with Crippen molar-refractivity contribution in [2.24, 2.45) is 0 Å². The maximum atomic E-state index is 11.8. The van der Waals surface area contributed by atoms with Crippen LogP contribution in [0.3, 0.4) is 0 Å². The standard InChI is InChI=1S/C28H51NO6/c1-5-6-7-8-9-10-11-12-13-14-15-16-17-18-19-20-27(31)35-24-25(30)23-34-22-21-26(28(32)33)29(2,3)4/h9-12,25-26,30H,5-8,13-24H2,1-4H3/p+1/b10-9+,12-11+. The number of aliphatic hydroxyl groups is 1. The van der Waals surface area contributed by atoms with Gasteiger partial charge in [0.05, 0.1) is 34.4 Å². The number of carbonyl (C=O) groups is 2. The number of hydrogen-bond acceptors (Lipinski definition) is 5. The fraction of sp³-hybridized carbons (Fsp3) is 0.786. The minimum absolute atomic E-state index is 0.0151. The molecule has 0 aliphatic carbocycles. The highest BCUT2D eigenvalue weighted by Gasteiger charge is 2.30. The lowest BCUT2D eigenvalue weighted by atomic mass is 10.1. The van der Waals surface area contributed by atoms with Crippen molar-refractivity contribution < 1.29 is 33.8 Å². The summed E-state index contributed by atoms with van der Waals surface area (Å²) in [7, 11) is 5.46. The average molecular weight is 499 g/mol. The van der Waals surface area contributed by atoms with Gasteiger partial charge in [0.15, 0.2) is 6.04 Å². The summed E-state index contributed by atoms with van der Waals surface area (Å²) < 4.78 is 10.8. The van der Waals surface area contributed by atoms with E-state index in [-0.39, 0.29) is 25.8 Å². The molecule has 0 aliphatic rings. The lowest BCUT2D eigenvalue weighted by Gasteiger charge is -2.31. The molecule has 204 valence electrons. The lowest BCUT2D eigenvalue weighted by Crippen LogP contribution is -2.50. The summed E-state index contributed by atoms with van der Waals surface area (Å²) in [6.45, 7) is 2.37. The van der Waals surface area contributed by atoms with Gasteiger partial charge in [0.1, 0.15) is 12.7 Å². The number of carboxylic acids is 1. The van der Waals surface area contributed by atoms with E-state index in [1.54, 1.807) is 0 Å². The number of aliphatic carboxylic acids is 1. The van der Waals surface area contributed by atoms with E-state index in [0.717, 1.165) is 25.7 Å². The Bertz CT molecular complexity index is 597. The monoisotopic (exact) mass is 498 g/mol. The quantitative estimate of drug-likeness (QED) is 0.0863. The van der Waals surface area contributed by atoms with Gasteiger partial charge >= 0.3 is 11.9 Å². The molecule has 2 N–H and O–H groups in total. The van der Waals surface area contributed by atoms with Gasteiger partial charge in [-0.25, -0.2) is 4.79 Å². The van der Waals surface area contributed by atoms with Crippen LogP contribution >= 0.6 is 0 Å². The maximum Gasteiger partial charge on any atom is 0.362 e. The van der Waals surface area contributed by atoms with Crippen LogP contribution in [0.2, 0.25) is 0 Å². The van der Waals surface area contributed by atoms with Crippen LogP contribution in [0.25, 0.3) is 0 Å². The first-order valence-corrected chi connectivity index (χ1v) is 13.5. The third-order valence-corrected chi connectivity index (χ3v) is 5.86. The lowest BCUT2D eigenvalue weighted by molar-refractivity contribution is -0.887. The number of esters is 1. The summed E-state index contributed by atoms with van der Waals surface area (Å²) in [5.41, 5.74) is 0. The van der Waals surface area contributed by atoms with E-state index in [9.17, 15) is 19.8 Å². The van der Waals surface area contributed by atoms with Crippen LogP contribution in [0.15, 0.2) is 24.3 Å². The summed E-state index contributed by atoms with van der Waals surface area (Å²) in [5, 5.41) is 19.2. The Hall–Kier alpha value is -1.70. The molecule has 0 heterocycles. The van der Waals surface area contributed by atoms with E-state index in [1.165, 1.54) is 44.9 Å². The average Bonchev–Trinajstić information content (AvgIpc) is 2.79. The first-order valence-electron chi connectivity index (χ1n) is 13.5. The number of carbonyl (C=O) groups excluding carboxylic acids is 1. The number of unbranched alkanes of at least 4 members (excludes halogenated alkanes) is 9. The van der Waals surface area contributed by atoms with Gasteiger partial charge < -0.3 is 24.2 Å². The van der Waals surface area contributed by atoms with Crippen LogP contribution in [0.1, 0.15) is 90.4 Å². The Morgan fingerprint density at radius 3 is 2.00 bits per heavy atom. The molecular weight excluding hydrogens is 446 g/mol. The highest BCUT2D eigenvalue weighted by atomic mass is 16.5. The molecule has 0 bridgehead atoms. The number of hydrogen-bond donors (Lipinski definition) is 2. The molecule has 0 fully saturated rings. The van der Waals surface area contributed by atoms with E-state index in [1.807, 2.05) is 21.1 Å². The van der Waals surface area contributed by atoms with Gasteiger partial charge in [-0.3, -0.25) is 4.79 Å². The van der Waals surface area contributed by atoms with Gasteiger partial charge in [0.25, 0.3) is 0 Å². The molecule has 0 radical (unpaired) electrons. The van der Waals surface area contributed by atoms with Crippen molar-refractivity contribution in [1.29, 1.82) is 0 Å². The van der Waals surface area contributed by atoms with Crippen LogP contribution in [-0.4, -0.2) is 79.7 Å². The number of rotatable bonds is 23. The van der Waals surface area contributed by atoms with Crippen molar-refractivity contribution in [2.75, 3.05) is 41.0 Å². The summed E-state index contributed by atoms with van der Waals surface area (Å²) >= 11 is 0. The Labute approximate surface area is 213 Å². The molecule has 0 aromatic rings. The zero-order chi connectivity index (χ0) is 26.4. The number of aliphatic hydroxyl groups excluding tert-OH is 1. The van der Waals surface area contributed by atoms with Crippen molar-refractivity contribution in [1.82, 2.24) is 0 Å². The molecule has 0 amide bonds. The third-order valence-electron chi connectivity index (χ3n) is 5.86. The number of quaternary nitrogens is 1. The zero-order valence-corrected chi connectivity index (χ0v) is 22.8. The first-order chi connectivity index (χ1) is 16.7. The second-order valence-corrected chi connectivity index (χ2v) is 10.2. The van der Waals surface area contributed by atoms with Gasteiger partial charge in [-0.05, 0) is 32.1 Å². The van der Waals surface area contributed by atoms with Crippen molar-refractivity contribution in [2.45, 2.75) is 103 Å². The predicted octanol–water partition coefficient (Wildman–Crippen LogP) is 5.27. The molecule has 0 aromatic carbocycles. The first kappa shape index (κ1) is 33.3. The van der Waals surface area contributed by atoms with Gasteiger partial charge in [0.2, 0.25) is 0 Å². The van der Waals surface area contributed by atoms with Crippen LogP contribution in [0.5, 0.6) is 0 Å². The van der Waals surface area contributed by atoms with Crippen molar-refractivity contribution in [3.63, 3.8) is 0 Å². The summed E-state index contributed by atoms with van der Waals surface area (Å²) in [6.07, 6.45) is 21.3. The van der Waals surface area contributed by atoms with Crippen LogP contribution < -0.4 is 0 Å². The number of ether oxygens (including phenoxy) is 2. The minimum Gasteiger partial charge on any atom is -0.477 e. The summed E-state index contributed by atoms with van der Waals surface area (Å²) in [4.78, 5) is 23.2. The molecule has 0 rings (SSSR count). The fourth-order valence-corrected chi connectivity index (χ4v) is 3.67. The molecule has 2 unspecified atom stereocenters. The highest BCUT2D eigenvalue weighted by molar-refractivity contribution is 5.72. The van der Waals surface area contributed by atoms with Crippen LogP contribution in [0, 0.1) is 0 Å². The highest BCUT2D eigenvalue weighted by Crippen LogP contribution is 2.10. The van der Waals surface area contributed by atoms with Crippen molar-refractivity contribution in [3.8, 4) is 0 Å². The molecule has 0 saturated carbocycles. The molecule has 7 heteroatoms. The van der Waals surface area contributed by atoms with Crippen LogP contribution in [0.4, 0.5) is 0 Å². The molecule has 7 nitrogen and oxygen atoms in total.